The Morgan fingerprint density at radius 2 is 1.00 bits per heavy atom. The summed E-state index contributed by atoms with van der Waals surface area (Å²) in [5, 5.41) is 6.65. The van der Waals surface area contributed by atoms with Gasteiger partial charge in [0.2, 0.25) is 6.43 Å². The number of rotatable bonds is 1. The van der Waals surface area contributed by atoms with Crippen molar-refractivity contribution in [2.24, 2.45) is 0 Å². The molecule has 0 fully saturated rings. The fraction of sp³-hybridized carbons (Fsp3) is 0.400. The van der Waals surface area contributed by atoms with Gasteiger partial charge in [0.15, 0.2) is 0 Å². The largest absolute Gasteiger partial charge is 0.211 e. The second kappa shape index (κ2) is 5.17. The molecule has 0 atom stereocenters. The van der Waals surface area contributed by atoms with Crippen LogP contribution in [0.1, 0.15) is 41.5 Å². The van der Waals surface area contributed by atoms with Crippen LogP contribution in [-0.2, 0) is 0 Å². The minimum Gasteiger partial charge on any atom is -0.145 e. The van der Waals surface area contributed by atoms with Crippen LogP contribution in [0.15, 0.2) is 48.5 Å². The molecule has 0 bridgehead atoms. The van der Waals surface area contributed by atoms with Gasteiger partial charge < -0.3 is 0 Å². The molecule has 0 nitrogen and oxygen atoms in total. The second-order valence-electron chi connectivity index (χ2n) is 8.54. The molecule has 0 aliphatic carbocycles. The molecule has 0 unspecified atom stereocenters. The first-order valence-electron chi connectivity index (χ1n) is 8.19. The Balaban J connectivity index is 2.46. The fourth-order valence-corrected chi connectivity index (χ4v) is 8.07. The Kier molecular flexibility index (Phi) is 3.69. The van der Waals surface area contributed by atoms with E-state index in [1.807, 2.05) is 0 Å². The smallest absolute Gasteiger partial charge is 0.145 e. The van der Waals surface area contributed by atoms with Gasteiger partial charge in [0.25, 0.3) is 0 Å². The van der Waals surface area contributed by atoms with E-state index in [4.69, 9.17) is 0 Å². The van der Waals surface area contributed by atoms with Gasteiger partial charge in [0, 0.05) is 0 Å². The summed E-state index contributed by atoms with van der Waals surface area (Å²) in [6, 6.07) is 18.1. The number of hydrogen-bond donors (Lipinski definition) is 0. The van der Waals surface area contributed by atoms with Crippen molar-refractivity contribution in [3.8, 4) is 0 Å². The molecule has 1 aromatic heterocycles. The zero-order valence-electron chi connectivity index (χ0n) is 14.6. The lowest BCUT2D eigenvalue weighted by Crippen LogP contribution is -2.31. The molecule has 2 heteroatoms. The average Bonchev–Trinajstić information content (AvgIpc) is 2.72. The fourth-order valence-electron chi connectivity index (χ4n) is 4.30. The molecule has 0 aliphatic rings. The van der Waals surface area contributed by atoms with Crippen molar-refractivity contribution < 1.29 is 0 Å². The van der Waals surface area contributed by atoms with Crippen molar-refractivity contribution in [1.29, 1.82) is 0 Å². The van der Waals surface area contributed by atoms with E-state index in [-0.39, 0.29) is 18.0 Å². The summed E-state index contributed by atoms with van der Waals surface area (Å²) >= 11 is 0. The van der Waals surface area contributed by atoms with Crippen LogP contribution in [0.5, 0.6) is 0 Å². The summed E-state index contributed by atoms with van der Waals surface area (Å²) in [6.07, 6.45) is 0.653. The molecule has 3 aromatic rings. The van der Waals surface area contributed by atoms with Crippen LogP contribution < -0.4 is 0 Å². The average molecular weight is 308 g/mol. The van der Waals surface area contributed by atoms with Crippen LogP contribution in [0.4, 0.5) is 0 Å². The van der Waals surface area contributed by atoms with E-state index in [1.54, 1.807) is 10.2 Å². The normalized spacial score (nSPS) is 13.0. The van der Waals surface area contributed by atoms with Crippen molar-refractivity contribution in [3.63, 3.8) is 0 Å². The first kappa shape index (κ1) is 15.7. The SMILES string of the molecule is CC(C)(C)B(p1c2ccccc2c2ccccc21)C(C)(C)C. The lowest BCUT2D eigenvalue weighted by Gasteiger charge is -2.38. The Bertz CT molecular complexity index is 748. The van der Waals surface area contributed by atoms with Gasteiger partial charge in [-0.25, -0.2) is 0 Å². The summed E-state index contributed by atoms with van der Waals surface area (Å²) in [7, 11) is -0.316. The maximum atomic E-state index is 2.41. The maximum absolute atomic E-state index is 2.41. The maximum Gasteiger partial charge on any atom is 0.211 e. The molecule has 0 radical (unpaired) electrons. The first-order chi connectivity index (χ1) is 10.2. The van der Waals surface area contributed by atoms with Crippen LogP contribution in [0.2, 0.25) is 10.6 Å². The highest BCUT2D eigenvalue weighted by Gasteiger charge is 2.42. The van der Waals surface area contributed by atoms with E-state index in [0.717, 1.165) is 0 Å². The molecule has 0 spiro atoms. The van der Waals surface area contributed by atoms with Gasteiger partial charge in [0.1, 0.15) is 0 Å². The summed E-state index contributed by atoms with van der Waals surface area (Å²) in [4.78, 5) is 0. The predicted molar refractivity (Wildman–Crippen MR) is 105 cm³/mol. The summed E-state index contributed by atoms with van der Waals surface area (Å²) in [5.74, 6) is 0. The third-order valence-electron chi connectivity index (χ3n) is 4.52. The molecule has 3 rings (SSSR count). The van der Waals surface area contributed by atoms with Crippen molar-refractivity contribution in [1.82, 2.24) is 0 Å². The summed E-state index contributed by atoms with van der Waals surface area (Å²) in [6.45, 7) is 14.5. The molecule has 114 valence electrons. The molecule has 0 saturated heterocycles. The minimum absolute atomic E-state index is 0.286. The van der Waals surface area contributed by atoms with E-state index in [1.165, 1.54) is 10.8 Å². The van der Waals surface area contributed by atoms with Gasteiger partial charge in [-0.1, -0.05) is 101 Å². The highest BCUT2D eigenvalue weighted by Crippen LogP contribution is 2.61. The molecule has 0 aliphatic heterocycles. The van der Waals surface area contributed by atoms with Crippen molar-refractivity contribution >= 4 is 34.9 Å². The minimum atomic E-state index is -0.316. The Hall–Kier alpha value is -1.20. The number of hydrogen-bond acceptors (Lipinski definition) is 0. The highest BCUT2D eigenvalue weighted by molar-refractivity contribution is 7.92. The molecule has 22 heavy (non-hydrogen) atoms. The van der Waals surface area contributed by atoms with Crippen LogP contribution in [0.25, 0.3) is 21.0 Å². The van der Waals surface area contributed by atoms with E-state index < -0.39 is 0 Å². The Morgan fingerprint density at radius 3 is 1.36 bits per heavy atom. The topological polar surface area (TPSA) is 0 Å². The third-order valence-corrected chi connectivity index (χ3v) is 8.40. The lowest BCUT2D eigenvalue weighted by atomic mass is 9.40. The van der Waals surface area contributed by atoms with Gasteiger partial charge >= 0.3 is 0 Å². The quantitative estimate of drug-likeness (QED) is 0.410. The van der Waals surface area contributed by atoms with E-state index in [2.05, 4.69) is 90.1 Å². The van der Waals surface area contributed by atoms with Crippen LogP contribution >= 0.6 is 7.41 Å². The summed E-state index contributed by atoms with van der Waals surface area (Å²) in [5.41, 5.74) is 0. The second-order valence-corrected chi connectivity index (χ2v) is 10.8. The summed E-state index contributed by atoms with van der Waals surface area (Å²) < 4.78 is 0. The lowest BCUT2D eigenvalue weighted by molar-refractivity contribution is 0.661. The van der Waals surface area contributed by atoms with Crippen LogP contribution in [-0.4, -0.2) is 6.43 Å². The zero-order valence-corrected chi connectivity index (χ0v) is 15.5. The van der Waals surface area contributed by atoms with Gasteiger partial charge in [-0.2, -0.15) is 0 Å². The van der Waals surface area contributed by atoms with Gasteiger partial charge in [-0.3, -0.25) is 0 Å². The highest BCUT2D eigenvalue weighted by atomic mass is 31.1. The molecule has 2 aromatic carbocycles. The third kappa shape index (κ3) is 2.50. The predicted octanol–water partition coefficient (Wildman–Crippen LogP) is 7.42. The Morgan fingerprint density at radius 1 is 0.636 bits per heavy atom. The Labute approximate surface area is 136 Å². The number of benzene rings is 2. The molecular weight excluding hydrogens is 282 g/mol. The van der Waals surface area contributed by atoms with Gasteiger partial charge in [-0.05, 0) is 21.0 Å². The van der Waals surface area contributed by atoms with Crippen molar-refractivity contribution in [3.05, 3.63) is 48.5 Å². The molecular formula is C20H26BP. The van der Waals surface area contributed by atoms with E-state index >= 15 is 0 Å². The van der Waals surface area contributed by atoms with Crippen molar-refractivity contribution in [2.45, 2.75) is 52.2 Å². The molecule has 1 heterocycles. The molecule has 0 N–H and O–H groups in total. The van der Waals surface area contributed by atoms with Gasteiger partial charge in [0.05, 0.1) is 0 Å². The monoisotopic (exact) mass is 308 g/mol. The molecule has 0 amide bonds. The van der Waals surface area contributed by atoms with E-state index in [9.17, 15) is 0 Å². The van der Waals surface area contributed by atoms with Crippen molar-refractivity contribution in [2.75, 3.05) is 0 Å². The van der Waals surface area contributed by atoms with Crippen LogP contribution in [0.3, 0.4) is 0 Å². The van der Waals surface area contributed by atoms with Crippen LogP contribution in [0, 0.1) is 0 Å². The first-order valence-corrected chi connectivity index (χ1v) is 9.60. The van der Waals surface area contributed by atoms with E-state index in [0.29, 0.717) is 6.43 Å². The van der Waals surface area contributed by atoms with Gasteiger partial charge in [-0.15, -0.1) is 7.41 Å². The standard InChI is InChI=1S/C20H26BP/c1-19(2,3)21(20(4,5)6)22-17-13-9-7-11-15(17)16-12-8-10-14-18(16)22/h7-14H,1-6H3. The number of fused-ring (bicyclic) bond motifs is 3. The zero-order chi connectivity index (χ0) is 16.1. The molecule has 0 saturated carbocycles.